The summed E-state index contributed by atoms with van der Waals surface area (Å²) < 4.78 is 26.8. The summed E-state index contributed by atoms with van der Waals surface area (Å²) >= 11 is 12.9. The monoisotopic (exact) mass is 526 g/mol. The first-order valence-corrected chi connectivity index (χ1v) is 13.1. The zero-order valence-corrected chi connectivity index (χ0v) is 21.0. The van der Waals surface area contributed by atoms with Gasteiger partial charge in [-0.05, 0) is 74.6 Å². The molecule has 2 aromatic carbocycles. The molecular formula is C28H25Cl2FN2O3. The van der Waals surface area contributed by atoms with Gasteiger partial charge in [0.1, 0.15) is 17.3 Å². The molecule has 0 aliphatic heterocycles. The Morgan fingerprint density at radius 3 is 2.44 bits per heavy atom. The Kier molecular flexibility index (Phi) is 6.08. The third kappa shape index (κ3) is 4.22. The summed E-state index contributed by atoms with van der Waals surface area (Å²) in [5, 5.41) is 25.7. The fourth-order valence-electron chi connectivity index (χ4n) is 6.17. The number of ether oxygens (including phenoxy) is 1. The number of nitriles is 1. The van der Waals surface area contributed by atoms with Gasteiger partial charge in [0.15, 0.2) is 0 Å². The molecule has 0 radical (unpaired) electrons. The largest absolute Gasteiger partial charge is 0.385 e. The summed E-state index contributed by atoms with van der Waals surface area (Å²) in [6, 6.07) is 11.6. The van der Waals surface area contributed by atoms with Crippen molar-refractivity contribution in [3.8, 4) is 17.3 Å². The van der Waals surface area contributed by atoms with Gasteiger partial charge in [-0.25, -0.2) is 4.39 Å². The molecule has 186 valence electrons. The lowest BCUT2D eigenvalue weighted by Crippen LogP contribution is -2.25. The molecule has 3 aromatic rings. The summed E-state index contributed by atoms with van der Waals surface area (Å²) in [7, 11) is 0. The molecule has 2 atom stereocenters. The highest BCUT2D eigenvalue weighted by molar-refractivity contribution is 6.39. The van der Waals surface area contributed by atoms with Gasteiger partial charge in [-0.3, -0.25) is 0 Å². The number of halogens is 3. The second kappa shape index (κ2) is 9.15. The van der Waals surface area contributed by atoms with Crippen LogP contribution in [0.4, 0.5) is 4.39 Å². The van der Waals surface area contributed by atoms with Gasteiger partial charge in [-0.15, -0.1) is 0 Å². The minimum absolute atomic E-state index is 0.0342. The molecule has 36 heavy (non-hydrogen) atoms. The standard InChI is InChI=1S/C28H25Cl2FN2O3/c29-22-2-1-3-23(30)25(22)26-20(27(36-33-26)16-5-6-16)14-35-19-9-17-11-28(34,12-18(17)10-19)21-7-4-15(13-32)8-24(21)31/h1-4,7-8,16-19,34H,5-6,9-12,14H2. The van der Waals surface area contributed by atoms with E-state index in [1.165, 1.54) is 6.07 Å². The quantitative estimate of drug-likeness (QED) is 0.369. The van der Waals surface area contributed by atoms with Crippen LogP contribution in [0.3, 0.4) is 0 Å². The second-order valence-corrected chi connectivity index (χ2v) is 11.2. The number of hydrogen-bond acceptors (Lipinski definition) is 5. The lowest BCUT2D eigenvalue weighted by molar-refractivity contribution is 0.00779. The Morgan fingerprint density at radius 2 is 1.83 bits per heavy atom. The number of rotatable bonds is 6. The van der Waals surface area contributed by atoms with E-state index in [4.69, 9.17) is 37.7 Å². The van der Waals surface area contributed by atoms with Crippen molar-refractivity contribution in [1.29, 1.82) is 5.26 Å². The van der Waals surface area contributed by atoms with Crippen LogP contribution in [0.2, 0.25) is 10.0 Å². The first kappa shape index (κ1) is 23.9. The number of nitrogens with zero attached hydrogens (tertiary/aromatic N) is 2. The molecule has 0 saturated heterocycles. The number of benzene rings is 2. The molecule has 6 rings (SSSR count). The van der Waals surface area contributed by atoms with Crippen LogP contribution >= 0.6 is 23.2 Å². The molecule has 0 amide bonds. The van der Waals surface area contributed by atoms with E-state index >= 15 is 0 Å². The molecule has 5 nitrogen and oxygen atoms in total. The van der Waals surface area contributed by atoms with Crippen LogP contribution in [0.5, 0.6) is 0 Å². The minimum atomic E-state index is -1.21. The maximum absolute atomic E-state index is 14.6. The first-order valence-electron chi connectivity index (χ1n) is 12.3. The van der Waals surface area contributed by atoms with E-state index in [0.29, 0.717) is 46.7 Å². The summed E-state index contributed by atoms with van der Waals surface area (Å²) in [6.07, 6.45) is 4.75. The highest BCUT2D eigenvalue weighted by atomic mass is 35.5. The molecule has 8 heteroatoms. The average molecular weight is 527 g/mol. The Morgan fingerprint density at radius 1 is 1.14 bits per heavy atom. The summed E-state index contributed by atoms with van der Waals surface area (Å²) in [4.78, 5) is 0. The van der Waals surface area contributed by atoms with E-state index in [1.54, 1.807) is 30.3 Å². The van der Waals surface area contributed by atoms with Crippen LogP contribution in [-0.4, -0.2) is 16.4 Å². The van der Waals surface area contributed by atoms with Crippen LogP contribution in [0, 0.1) is 29.0 Å². The minimum Gasteiger partial charge on any atom is -0.385 e. The van der Waals surface area contributed by atoms with Crippen molar-refractivity contribution in [2.45, 2.75) is 62.8 Å². The van der Waals surface area contributed by atoms with Crippen molar-refractivity contribution in [1.82, 2.24) is 5.16 Å². The van der Waals surface area contributed by atoms with Gasteiger partial charge < -0.3 is 14.4 Å². The molecule has 1 aromatic heterocycles. The third-order valence-electron chi connectivity index (χ3n) is 8.03. The lowest BCUT2D eigenvalue weighted by Gasteiger charge is -2.26. The second-order valence-electron chi connectivity index (χ2n) is 10.4. The van der Waals surface area contributed by atoms with Crippen LogP contribution in [0.25, 0.3) is 11.3 Å². The fourth-order valence-corrected chi connectivity index (χ4v) is 6.75. The fraction of sp³-hybridized carbons (Fsp3) is 0.429. The van der Waals surface area contributed by atoms with E-state index in [0.717, 1.165) is 37.0 Å². The average Bonchev–Trinajstić information content (AvgIpc) is 3.39. The van der Waals surface area contributed by atoms with E-state index < -0.39 is 11.4 Å². The summed E-state index contributed by atoms with van der Waals surface area (Å²) in [6.45, 7) is 0.352. The molecule has 3 saturated carbocycles. The molecule has 3 fully saturated rings. The van der Waals surface area contributed by atoms with E-state index in [-0.39, 0.29) is 29.1 Å². The smallest absolute Gasteiger partial charge is 0.145 e. The lowest BCUT2D eigenvalue weighted by atomic mass is 9.88. The number of aliphatic hydroxyl groups is 1. The van der Waals surface area contributed by atoms with E-state index in [9.17, 15) is 9.50 Å². The zero-order valence-electron chi connectivity index (χ0n) is 19.5. The van der Waals surface area contributed by atoms with E-state index in [2.05, 4.69) is 5.16 Å². The van der Waals surface area contributed by atoms with Crippen molar-refractivity contribution < 1.29 is 18.8 Å². The van der Waals surface area contributed by atoms with Gasteiger partial charge in [-0.2, -0.15) is 5.26 Å². The molecule has 0 spiro atoms. The van der Waals surface area contributed by atoms with Crippen LogP contribution in [-0.2, 0) is 16.9 Å². The molecular weight excluding hydrogens is 502 g/mol. The van der Waals surface area contributed by atoms with Crippen molar-refractivity contribution in [3.63, 3.8) is 0 Å². The highest BCUT2D eigenvalue weighted by Gasteiger charge is 2.50. The summed E-state index contributed by atoms with van der Waals surface area (Å²) in [5.74, 6) is 1.18. The van der Waals surface area contributed by atoms with Crippen molar-refractivity contribution in [2.24, 2.45) is 11.8 Å². The molecule has 3 aliphatic carbocycles. The third-order valence-corrected chi connectivity index (χ3v) is 8.66. The van der Waals surface area contributed by atoms with E-state index in [1.807, 2.05) is 6.07 Å². The molecule has 2 unspecified atom stereocenters. The Hall–Kier alpha value is -2.43. The molecule has 1 heterocycles. The van der Waals surface area contributed by atoms with Crippen LogP contribution in [0.1, 0.15) is 66.9 Å². The van der Waals surface area contributed by atoms with Gasteiger partial charge in [0, 0.05) is 22.6 Å². The molecule has 1 N–H and O–H groups in total. The van der Waals surface area contributed by atoms with Crippen LogP contribution < -0.4 is 0 Å². The van der Waals surface area contributed by atoms with Gasteiger partial charge in [0.05, 0.1) is 40.0 Å². The summed E-state index contributed by atoms with van der Waals surface area (Å²) in [5.41, 5.74) is 1.53. The molecule has 3 aliphatic rings. The number of hydrogen-bond donors (Lipinski definition) is 1. The van der Waals surface area contributed by atoms with Gasteiger partial charge in [-0.1, -0.05) is 40.5 Å². The maximum Gasteiger partial charge on any atom is 0.145 e. The maximum atomic E-state index is 14.6. The number of aromatic nitrogens is 1. The first-order chi connectivity index (χ1) is 17.4. The zero-order chi connectivity index (χ0) is 25.0. The topological polar surface area (TPSA) is 79.3 Å². The predicted octanol–water partition coefficient (Wildman–Crippen LogP) is 7.13. The van der Waals surface area contributed by atoms with Gasteiger partial charge in [0.25, 0.3) is 0 Å². The Bertz CT molecular complexity index is 1330. The normalized spacial score (nSPS) is 27.2. The van der Waals surface area contributed by atoms with Crippen molar-refractivity contribution >= 4 is 23.2 Å². The Labute approximate surface area is 218 Å². The number of fused-ring (bicyclic) bond motifs is 1. The Balaban J connectivity index is 1.16. The van der Waals surface area contributed by atoms with Crippen molar-refractivity contribution in [2.75, 3.05) is 0 Å². The predicted molar refractivity (Wildman–Crippen MR) is 133 cm³/mol. The van der Waals surface area contributed by atoms with Gasteiger partial charge in [0.2, 0.25) is 0 Å². The van der Waals surface area contributed by atoms with Crippen LogP contribution in [0.15, 0.2) is 40.9 Å². The highest BCUT2D eigenvalue weighted by Crippen LogP contribution is 2.54. The SMILES string of the molecule is N#Cc1ccc(C2(O)CC3CC(OCc4c(-c5c(Cl)cccc5Cl)noc4C4CC4)CC3C2)c(F)c1. The molecule has 0 bridgehead atoms. The van der Waals surface area contributed by atoms with Gasteiger partial charge >= 0.3 is 0 Å². The van der Waals surface area contributed by atoms with Crippen molar-refractivity contribution in [3.05, 3.63) is 74.7 Å².